The maximum absolute atomic E-state index is 12.9. The molecule has 0 radical (unpaired) electrons. The molecule has 1 aromatic carbocycles. The van der Waals surface area contributed by atoms with E-state index >= 15 is 0 Å². The van der Waals surface area contributed by atoms with E-state index in [1.807, 2.05) is 0 Å². The second-order valence-electron chi connectivity index (χ2n) is 5.87. The summed E-state index contributed by atoms with van der Waals surface area (Å²) in [5, 5.41) is 12.0. The van der Waals surface area contributed by atoms with Crippen molar-refractivity contribution in [1.29, 1.82) is 0 Å². The number of amides is 3. The van der Waals surface area contributed by atoms with Crippen LogP contribution in [0.3, 0.4) is 0 Å². The zero-order valence-electron chi connectivity index (χ0n) is 13.4. The van der Waals surface area contributed by atoms with Gasteiger partial charge in [-0.05, 0) is 18.2 Å². The first kappa shape index (κ1) is 17.5. The van der Waals surface area contributed by atoms with E-state index in [2.05, 4.69) is 5.32 Å². The Labute approximate surface area is 149 Å². The number of hydrogen-bond acceptors (Lipinski definition) is 4. The fourth-order valence-electron chi connectivity index (χ4n) is 3.01. The molecule has 2 heterocycles. The number of aliphatic carboxylic acids is 1. The number of anilines is 1. The number of nitrogens with one attached hydrogen (secondary N) is 1. The van der Waals surface area contributed by atoms with Crippen LogP contribution in [-0.4, -0.2) is 66.8 Å². The Morgan fingerprint density at radius 1 is 1.36 bits per heavy atom. The molecule has 9 heteroatoms. The highest BCUT2D eigenvalue weighted by molar-refractivity contribution is 6.34. The van der Waals surface area contributed by atoms with Crippen LogP contribution in [0, 0.1) is 0 Å². The first-order valence-electron chi connectivity index (χ1n) is 7.93. The smallest absolute Gasteiger partial charge is 0.321 e. The first-order chi connectivity index (χ1) is 12.0. The van der Waals surface area contributed by atoms with Crippen molar-refractivity contribution in [2.75, 3.05) is 37.7 Å². The van der Waals surface area contributed by atoms with Gasteiger partial charge in [-0.15, -0.1) is 0 Å². The number of halogens is 1. The van der Waals surface area contributed by atoms with Gasteiger partial charge < -0.3 is 20.1 Å². The largest absolute Gasteiger partial charge is 0.481 e. The predicted molar refractivity (Wildman–Crippen MR) is 90.1 cm³/mol. The van der Waals surface area contributed by atoms with Gasteiger partial charge >= 0.3 is 12.0 Å². The van der Waals surface area contributed by atoms with Crippen molar-refractivity contribution < 1.29 is 24.2 Å². The highest BCUT2D eigenvalue weighted by Crippen LogP contribution is 2.27. The van der Waals surface area contributed by atoms with Crippen LogP contribution in [-0.2, 0) is 9.53 Å². The van der Waals surface area contributed by atoms with Gasteiger partial charge in [0.1, 0.15) is 0 Å². The van der Waals surface area contributed by atoms with Crippen molar-refractivity contribution in [2.45, 2.75) is 12.5 Å². The molecule has 2 fully saturated rings. The molecule has 8 nitrogen and oxygen atoms in total. The average molecular weight is 368 g/mol. The minimum atomic E-state index is -0.998. The molecule has 0 saturated carbocycles. The number of nitrogens with zero attached hydrogens (tertiary/aromatic N) is 2. The van der Waals surface area contributed by atoms with Crippen LogP contribution < -0.4 is 10.2 Å². The van der Waals surface area contributed by atoms with Gasteiger partial charge in [0, 0.05) is 25.3 Å². The second kappa shape index (κ2) is 7.28. The standard InChI is InChI=1S/C16H18ClN3O5/c17-13-2-1-10(20-4-3-18-16(20)24)7-12(13)15(23)19-5-6-25-9-11(19)8-14(21)22/h1-2,7,11H,3-6,8-9H2,(H,18,24)(H,21,22). The Balaban J connectivity index is 1.87. The lowest BCUT2D eigenvalue weighted by atomic mass is 10.1. The molecular weight excluding hydrogens is 350 g/mol. The van der Waals surface area contributed by atoms with Gasteiger partial charge in [-0.3, -0.25) is 14.5 Å². The van der Waals surface area contributed by atoms with Gasteiger partial charge in [-0.2, -0.15) is 0 Å². The van der Waals surface area contributed by atoms with E-state index in [1.54, 1.807) is 18.2 Å². The number of morpholine rings is 1. The van der Waals surface area contributed by atoms with E-state index in [-0.39, 0.29) is 35.6 Å². The van der Waals surface area contributed by atoms with E-state index in [9.17, 15) is 14.4 Å². The average Bonchev–Trinajstić information content (AvgIpc) is 3.01. The molecule has 2 aliphatic heterocycles. The molecule has 25 heavy (non-hydrogen) atoms. The quantitative estimate of drug-likeness (QED) is 0.832. The van der Waals surface area contributed by atoms with Crippen molar-refractivity contribution in [1.82, 2.24) is 10.2 Å². The van der Waals surface area contributed by atoms with Crippen LogP contribution in [0.1, 0.15) is 16.8 Å². The lowest BCUT2D eigenvalue weighted by molar-refractivity contribution is -0.139. The van der Waals surface area contributed by atoms with Gasteiger partial charge in [-0.1, -0.05) is 11.6 Å². The van der Waals surface area contributed by atoms with Crippen LogP contribution in [0.2, 0.25) is 5.02 Å². The summed E-state index contributed by atoms with van der Waals surface area (Å²) in [5.41, 5.74) is 0.821. The third kappa shape index (κ3) is 3.69. The summed E-state index contributed by atoms with van der Waals surface area (Å²) in [4.78, 5) is 38.8. The lowest BCUT2D eigenvalue weighted by Gasteiger charge is -2.35. The third-order valence-corrected chi connectivity index (χ3v) is 4.58. The summed E-state index contributed by atoms with van der Waals surface area (Å²) < 4.78 is 5.30. The summed E-state index contributed by atoms with van der Waals surface area (Å²) in [6.45, 7) is 1.85. The molecule has 3 amide bonds. The first-order valence-corrected chi connectivity index (χ1v) is 8.30. The number of benzene rings is 1. The van der Waals surface area contributed by atoms with Crippen molar-refractivity contribution in [3.63, 3.8) is 0 Å². The molecule has 2 saturated heterocycles. The van der Waals surface area contributed by atoms with Gasteiger partial charge in [0.25, 0.3) is 5.91 Å². The van der Waals surface area contributed by atoms with Crippen molar-refractivity contribution in [3.05, 3.63) is 28.8 Å². The fourth-order valence-corrected chi connectivity index (χ4v) is 3.21. The highest BCUT2D eigenvalue weighted by Gasteiger charge is 2.31. The van der Waals surface area contributed by atoms with Crippen LogP contribution in [0.4, 0.5) is 10.5 Å². The molecule has 2 aliphatic rings. The molecule has 3 rings (SSSR count). The Bertz CT molecular complexity index is 711. The summed E-state index contributed by atoms with van der Waals surface area (Å²) in [5.74, 6) is -1.36. The van der Waals surface area contributed by atoms with Gasteiger partial charge in [0.2, 0.25) is 0 Å². The van der Waals surface area contributed by atoms with Gasteiger partial charge in [-0.25, -0.2) is 4.79 Å². The molecule has 1 atom stereocenters. The minimum absolute atomic E-state index is 0.171. The van der Waals surface area contributed by atoms with Crippen LogP contribution in [0.25, 0.3) is 0 Å². The van der Waals surface area contributed by atoms with E-state index in [4.69, 9.17) is 21.4 Å². The molecule has 0 aromatic heterocycles. The molecule has 0 bridgehead atoms. The number of carboxylic acids is 1. The number of carboxylic acid groups (broad SMARTS) is 1. The third-order valence-electron chi connectivity index (χ3n) is 4.25. The molecule has 134 valence electrons. The van der Waals surface area contributed by atoms with Crippen molar-refractivity contribution >= 4 is 35.2 Å². The fraction of sp³-hybridized carbons (Fsp3) is 0.438. The zero-order chi connectivity index (χ0) is 18.0. The molecule has 1 aromatic rings. The Morgan fingerprint density at radius 2 is 2.16 bits per heavy atom. The monoisotopic (exact) mass is 367 g/mol. The number of ether oxygens (including phenoxy) is 1. The second-order valence-corrected chi connectivity index (χ2v) is 6.28. The van der Waals surface area contributed by atoms with E-state index in [1.165, 1.54) is 9.80 Å². The highest BCUT2D eigenvalue weighted by atomic mass is 35.5. The summed E-state index contributed by atoms with van der Waals surface area (Å²) in [7, 11) is 0. The maximum atomic E-state index is 12.9. The number of carbonyl (C=O) groups excluding carboxylic acids is 2. The SMILES string of the molecule is O=C(O)CC1COCCN1C(=O)c1cc(N2CCNC2=O)ccc1Cl. The lowest BCUT2D eigenvalue weighted by Crippen LogP contribution is -2.49. The molecule has 2 N–H and O–H groups in total. The van der Waals surface area contributed by atoms with Crippen molar-refractivity contribution in [2.24, 2.45) is 0 Å². The summed E-state index contributed by atoms with van der Waals surface area (Å²) >= 11 is 6.19. The van der Waals surface area contributed by atoms with Crippen LogP contribution in [0.15, 0.2) is 18.2 Å². The number of urea groups is 1. The predicted octanol–water partition coefficient (Wildman–Crippen LogP) is 1.19. The molecule has 0 spiro atoms. The van der Waals surface area contributed by atoms with E-state index < -0.39 is 12.0 Å². The normalized spacial score (nSPS) is 20.5. The summed E-state index contributed by atoms with van der Waals surface area (Å²) in [6.07, 6.45) is -0.197. The minimum Gasteiger partial charge on any atom is -0.481 e. The summed E-state index contributed by atoms with van der Waals surface area (Å²) in [6, 6.07) is 4.05. The zero-order valence-corrected chi connectivity index (χ0v) is 14.2. The Hall–Kier alpha value is -2.32. The Kier molecular flexibility index (Phi) is 5.10. The van der Waals surface area contributed by atoms with Crippen molar-refractivity contribution in [3.8, 4) is 0 Å². The van der Waals surface area contributed by atoms with Crippen LogP contribution >= 0.6 is 11.6 Å². The molecule has 1 unspecified atom stereocenters. The number of carbonyl (C=O) groups is 3. The Morgan fingerprint density at radius 3 is 2.84 bits per heavy atom. The van der Waals surface area contributed by atoms with Gasteiger partial charge in [0.05, 0.1) is 36.3 Å². The maximum Gasteiger partial charge on any atom is 0.321 e. The molecular formula is C16H18ClN3O5. The van der Waals surface area contributed by atoms with E-state index in [0.717, 1.165) is 0 Å². The van der Waals surface area contributed by atoms with E-state index in [0.29, 0.717) is 31.9 Å². The number of rotatable bonds is 4. The van der Waals surface area contributed by atoms with Crippen LogP contribution in [0.5, 0.6) is 0 Å². The van der Waals surface area contributed by atoms with Gasteiger partial charge in [0.15, 0.2) is 0 Å². The number of hydrogen-bond donors (Lipinski definition) is 2. The topological polar surface area (TPSA) is 99.2 Å². The molecule has 0 aliphatic carbocycles.